The molecule has 3 N–H and O–H groups in total. The van der Waals surface area contributed by atoms with E-state index in [0.29, 0.717) is 25.0 Å². The van der Waals surface area contributed by atoms with Gasteiger partial charge in [0, 0.05) is 12.1 Å². The Morgan fingerprint density at radius 3 is 2.15 bits per heavy atom. The number of thiocarbonyl (C=S) groups is 1. The molecule has 2 rings (SSSR count). The summed E-state index contributed by atoms with van der Waals surface area (Å²) in [6.45, 7) is 0. The van der Waals surface area contributed by atoms with E-state index in [9.17, 15) is 18.0 Å². The number of nitrogens with one attached hydrogen (secondary N) is 1. The number of carbonyl (C=O) groups excluding carboxylic acids is 1. The highest BCUT2D eigenvalue weighted by Gasteiger charge is 2.39. The van der Waals surface area contributed by atoms with Gasteiger partial charge in [-0.2, -0.15) is 0 Å². The molecule has 0 aliphatic heterocycles. The molecule has 1 saturated carbocycles. The van der Waals surface area contributed by atoms with Gasteiger partial charge in [0.05, 0.1) is 10.5 Å². The van der Waals surface area contributed by atoms with Crippen molar-refractivity contribution >= 4 is 23.1 Å². The van der Waals surface area contributed by atoms with Gasteiger partial charge in [-0.3, -0.25) is 4.79 Å². The fourth-order valence-electron chi connectivity index (χ4n) is 2.45. The zero-order valence-corrected chi connectivity index (χ0v) is 11.3. The highest BCUT2D eigenvalue weighted by molar-refractivity contribution is 7.80. The van der Waals surface area contributed by atoms with E-state index >= 15 is 0 Å². The Kier molecular flexibility index (Phi) is 3.99. The fraction of sp³-hybridized carbons (Fsp3) is 0.385. The van der Waals surface area contributed by atoms with Crippen molar-refractivity contribution < 1.29 is 18.0 Å². The Balaban J connectivity index is 2.31. The average Bonchev–Trinajstić information content (AvgIpc) is 2.77. The molecule has 0 unspecified atom stereocenters. The number of hydrogen-bond donors (Lipinski definition) is 2. The summed E-state index contributed by atoms with van der Waals surface area (Å²) in [6, 6.07) is 0.917. The smallest absolute Gasteiger partial charge is 0.258 e. The van der Waals surface area contributed by atoms with Gasteiger partial charge in [-0.1, -0.05) is 25.1 Å². The van der Waals surface area contributed by atoms with Crippen molar-refractivity contribution in [3.63, 3.8) is 0 Å². The largest absolute Gasteiger partial charge is 0.391 e. The van der Waals surface area contributed by atoms with Crippen LogP contribution in [0.4, 0.5) is 13.2 Å². The van der Waals surface area contributed by atoms with Crippen LogP contribution in [0.15, 0.2) is 12.1 Å². The Labute approximate surface area is 119 Å². The number of nitrogens with two attached hydrogens (primary N) is 1. The van der Waals surface area contributed by atoms with Crippen LogP contribution in [0, 0.1) is 17.5 Å². The molecule has 1 aromatic rings. The summed E-state index contributed by atoms with van der Waals surface area (Å²) in [5.41, 5.74) is 3.89. The van der Waals surface area contributed by atoms with Gasteiger partial charge in [0.1, 0.15) is 23.0 Å². The summed E-state index contributed by atoms with van der Waals surface area (Å²) >= 11 is 4.94. The second-order valence-electron chi connectivity index (χ2n) is 4.85. The third kappa shape index (κ3) is 2.63. The lowest BCUT2D eigenvalue weighted by atomic mass is 9.96. The van der Waals surface area contributed by atoms with Crippen LogP contribution in [0.2, 0.25) is 0 Å². The van der Waals surface area contributed by atoms with Gasteiger partial charge in [0.15, 0.2) is 0 Å². The third-order valence-electron chi connectivity index (χ3n) is 3.52. The normalized spacial score (nSPS) is 16.9. The Morgan fingerprint density at radius 1 is 1.20 bits per heavy atom. The molecule has 0 radical (unpaired) electrons. The second kappa shape index (κ2) is 5.40. The molecule has 7 heteroatoms. The summed E-state index contributed by atoms with van der Waals surface area (Å²) in [5, 5.41) is 2.50. The van der Waals surface area contributed by atoms with Gasteiger partial charge in [-0.25, -0.2) is 13.2 Å². The van der Waals surface area contributed by atoms with Crippen molar-refractivity contribution in [1.82, 2.24) is 5.32 Å². The minimum atomic E-state index is -1.25. The van der Waals surface area contributed by atoms with Crippen molar-refractivity contribution in [2.45, 2.75) is 31.2 Å². The predicted octanol–water partition coefficient (Wildman–Crippen LogP) is 2.43. The zero-order valence-electron chi connectivity index (χ0n) is 10.5. The molecule has 0 saturated heterocycles. The molecule has 20 heavy (non-hydrogen) atoms. The number of carbonyl (C=O) groups is 1. The molecule has 3 nitrogen and oxygen atoms in total. The van der Waals surface area contributed by atoms with Gasteiger partial charge in [0.2, 0.25) is 0 Å². The van der Waals surface area contributed by atoms with Crippen LogP contribution in [0.25, 0.3) is 0 Å². The molecule has 0 atom stereocenters. The Morgan fingerprint density at radius 2 is 1.70 bits per heavy atom. The number of halogens is 3. The first-order valence-electron chi connectivity index (χ1n) is 6.13. The van der Waals surface area contributed by atoms with E-state index in [0.717, 1.165) is 12.8 Å². The third-order valence-corrected chi connectivity index (χ3v) is 3.91. The lowest BCUT2D eigenvalue weighted by molar-refractivity contribution is 0.0915. The van der Waals surface area contributed by atoms with Gasteiger partial charge >= 0.3 is 0 Å². The highest BCUT2D eigenvalue weighted by Crippen LogP contribution is 2.30. The first-order valence-corrected chi connectivity index (χ1v) is 6.53. The molecule has 0 spiro atoms. The van der Waals surface area contributed by atoms with E-state index in [4.69, 9.17) is 18.0 Å². The molecule has 1 aromatic carbocycles. The lowest BCUT2D eigenvalue weighted by Gasteiger charge is -2.29. The summed E-state index contributed by atoms with van der Waals surface area (Å²) in [5.74, 6) is -4.57. The quantitative estimate of drug-likeness (QED) is 0.843. The minimum absolute atomic E-state index is 0.0891. The van der Waals surface area contributed by atoms with Crippen LogP contribution in [0.3, 0.4) is 0 Å². The molecular weight excluding hydrogens is 289 g/mol. The number of hydrogen-bond acceptors (Lipinski definition) is 2. The van der Waals surface area contributed by atoms with Crippen LogP contribution >= 0.6 is 12.2 Å². The van der Waals surface area contributed by atoms with Gasteiger partial charge in [-0.05, 0) is 12.8 Å². The highest BCUT2D eigenvalue weighted by atomic mass is 32.1. The monoisotopic (exact) mass is 302 g/mol. The van der Waals surface area contributed by atoms with Crippen LogP contribution in [-0.4, -0.2) is 16.4 Å². The van der Waals surface area contributed by atoms with Crippen LogP contribution in [0.5, 0.6) is 0 Å². The topological polar surface area (TPSA) is 55.1 Å². The number of amides is 1. The molecule has 0 bridgehead atoms. The summed E-state index contributed by atoms with van der Waals surface area (Å²) in [7, 11) is 0. The van der Waals surface area contributed by atoms with Crippen molar-refractivity contribution in [3.8, 4) is 0 Å². The second-order valence-corrected chi connectivity index (χ2v) is 5.29. The van der Waals surface area contributed by atoms with Crippen molar-refractivity contribution in [2.75, 3.05) is 0 Å². The van der Waals surface area contributed by atoms with E-state index in [1.807, 2.05) is 0 Å². The van der Waals surface area contributed by atoms with E-state index in [-0.39, 0.29) is 4.99 Å². The molecule has 0 heterocycles. The van der Waals surface area contributed by atoms with E-state index in [1.54, 1.807) is 0 Å². The molecule has 1 amide bonds. The van der Waals surface area contributed by atoms with E-state index < -0.39 is 34.5 Å². The van der Waals surface area contributed by atoms with Gasteiger partial charge in [0.25, 0.3) is 5.91 Å². The first-order chi connectivity index (χ1) is 9.35. The Hall–Kier alpha value is -1.63. The van der Waals surface area contributed by atoms with E-state index in [1.165, 1.54) is 0 Å². The number of rotatable bonds is 3. The van der Waals surface area contributed by atoms with Crippen molar-refractivity contribution in [2.24, 2.45) is 5.73 Å². The Bertz CT molecular complexity index is 548. The van der Waals surface area contributed by atoms with Crippen LogP contribution in [0.1, 0.15) is 36.0 Å². The van der Waals surface area contributed by atoms with Crippen LogP contribution < -0.4 is 11.1 Å². The van der Waals surface area contributed by atoms with Crippen LogP contribution in [-0.2, 0) is 0 Å². The summed E-state index contributed by atoms with van der Waals surface area (Å²) in [6.07, 6.45) is 2.68. The maximum atomic E-state index is 13.6. The van der Waals surface area contributed by atoms with Gasteiger partial charge < -0.3 is 11.1 Å². The van der Waals surface area contributed by atoms with Gasteiger partial charge in [-0.15, -0.1) is 0 Å². The summed E-state index contributed by atoms with van der Waals surface area (Å²) in [4.78, 5) is 12.1. The molecule has 0 aromatic heterocycles. The maximum Gasteiger partial charge on any atom is 0.258 e. The average molecular weight is 302 g/mol. The number of benzene rings is 1. The molecule has 108 valence electrons. The SMILES string of the molecule is NC(=S)C1(NC(=O)c2c(F)cc(F)cc2F)CCCC1. The molecular formula is C13H13F3N2OS. The standard InChI is InChI=1S/C13H13F3N2OS/c14-7-5-8(15)10(9(16)6-7)11(19)18-13(12(17)20)3-1-2-4-13/h5-6H,1-4H2,(H2,17,20)(H,18,19). The molecule has 1 aliphatic rings. The predicted molar refractivity (Wildman–Crippen MR) is 71.8 cm³/mol. The van der Waals surface area contributed by atoms with Crippen molar-refractivity contribution in [1.29, 1.82) is 0 Å². The molecule has 1 fully saturated rings. The summed E-state index contributed by atoms with van der Waals surface area (Å²) < 4.78 is 39.9. The lowest BCUT2D eigenvalue weighted by Crippen LogP contribution is -2.55. The fourth-order valence-corrected chi connectivity index (χ4v) is 2.71. The van der Waals surface area contributed by atoms with E-state index in [2.05, 4.69) is 5.32 Å². The molecule has 1 aliphatic carbocycles. The van der Waals surface area contributed by atoms with Crippen molar-refractivity contribution in [3.05, 3.63) is 35.1 Å². The maximum absolute atomic E-state index is 13.6. The first kappa shape index (κ1) is 14.8. The zero-order chi connectivity index (χ0) is 14.9. The minimum Gasteiger partial charge on any atom is -0.391 e.